The van der Waals surface area contributed by atoms with Crippen molar-refractivity contribution in [3.63, 3.8) is 0 Å². The van der Waals surface area contributed by atoms with Gasteiger partial charge in [0.2, 0.25) is 10.0 Å². The molecule has 0 atom stereocenters. The van der Waals surface area contributed by atoms with Crippen molar-refractivity contribution in [2.75, 3.05) is 31.1 Å². The van der Waals surface area contributed by atoms with Gasteiger partial charge in [0, 0.05) is 25.8 Å². The summed E-state index contributed by atoms with van der Waals surface area (Å²) in [6.45, 7) is 6.17. The van der Waals surface area contributed by atoms with Gasteiger partial charge < -0.3 is 9.64 Å². The summed E-state index contributed by atoms with van der Waals surface area (Å²) in [6.07, 6.45) is 3.37. The number of ether oxygens (including phenoxy) is 1. The van der Waals surface area contributed by atoms with Gasteiger partial charge in [-0.3, -0.25) is 0 Å². The minimum absolute atomic E-state index is 0.249. The molecule has 1 aromatic carbocycles. The lowest BCUT2D eigenvalue weighted by molar-refractivity contribution is 0.337. The second-order valence-electron chi connectivity index (χ2n) is 7.13. The number of nitrogens with zero attached hydrogens (tertiary/aromatic N) is 3. The third-order valence-corrected chi connectivity index (χ3v) is 6.56. The van der Waals surface area contributed by atoms with Crippen LogP contribution in [0.4, 0.5) is 5.82 Å². The van der Waals surface area contributed by atoms with Gasteiger partial charge in [-0.1, -0.05) is 0 Å². The molecule has 2 heterocycles. The predicted molar refractivity (Wildman–Crippen MR) is 111 cm³/mol. The number of nitrogens with one attached hydrogen (secondary N) is 1. The normalized spacial score (nSPS) is 15.1. The number of benzene rings is 1. The third-order valence-electron chi connectivity index (χ3n) is 5.14. The van der Waals surface area contributed by atoms with E-state index in [2.05, 4.69) is 20.7 Å². The van der Waals surface area contributed by atoms with Gasteiger partial charge in [-0.15, -0.1) is 0 Å². The second kappa shape index (κ2) is 9.25. The molecule has 1 saturated heterocycles. The van der Waals surface area contributed by atoms with Gasteiger partial charge in [-0.2, -0.15) is 5.26 Å². The van der Waals surface area contributed by atoms with Gasteiger partial charge in [0.05, 0.1) is 17.1 Å². The highest BCUT2D eigenvalue weighted by Crippen LogP contribution is 2.25. The number of aryl methyl sites for hydroxylation is 1. The number of hydrogen-bond donors (Lipinski definition) is 1. The van der Waals surface area contributed by atoms with Crippen molar-refractivity contribution >= 4 is 15.8 Å². The van der Waals surface area contributed by atoms with E-state index in [9.17, 15) is 13.7 Å². The Morgan fingerprint density at radius 3 is 2.72 bits per heavy atom. The molecule has 7 nitrogen and oxygen atoms in total. The van der Waals surface area contributed by atoms with Crippen LogP contribution in [0.2, 0.25) is 0 Å². The van der Waals surface area contributed by atoms with Crippen LogP contribution in [0.3, 0.4) is 0 Å². The van der Waals surface area contributed by atoms with E-state index in [1.807, 2.05) is 13.8 Å². The molecule has 0 amide bonds. The zero-order chi connectivity index (χ0) is 20.9. The Morgan fingerprint density at radius 2 is 2.07 bits per heavy atom. The van der Waals surface area contributed by atoms with Gasteiger partial charge in [-0.05, 0) is 68.5 Å². The van der Waals surface area contributed by atoms with Crippen molar-refractivity contribution in [2.45, 2.75) is 31.6 Å². The molecule has 1 aromatic heterocycles. The fraction of sp³-hybridized carbons (Fsp3) is 0.429. The van der Waals surface area contributed by atoms with Crippen LogP contribution >= 0.6 is 0 Å². The number of hydrogen-bond acceptors (Lipinski definition) is 6. The van der Waals surface area contributed by atoms with Crippen molar-refractivity contribution in [1.29, 1.82) is 5.26 Å². The summed E-state index contributed by atoms with van der Waals surface area (Å²) >= 11 is 0. The SMILES string of the molecule is CCOc1ccc(S(=O)(=O)NCC2CCN(c3ncccc3C#N)CC2)cc1C. The number of piperidine rings is 1. The largest absolute Gasteiger partial charge is 0.494 e. The molecule has 0 radical (unpaired) electrons. The summed E-state index contributed by atoms with van der Waals surface area (Å²) < 4.78 is 33.5. The van der Waals surface area contributed by atoms with Crippen LogP contribution in [0, 0.1) is 24.2 Å². The molecule has 2 aromatic rings. The van der Waals surface area contributed by atoms with Crippen molar-refractivity contribution in [2.24, 2.45) is 5.92 Å². The lowest BCUT2D eigenvalue weighted by Gasteiger charge is -2.33. The summed E-state index contributed by atoms with van der Waals surface area (Å²) in [4.78, 5) is 6.68. The van der Waals surface area contributed by atoms with E-state index in [1.54, 1.807) is 36.5 Å². The number of rotatable bonds is 7. The van der Waals surface area contributed by atoms with E-state index in [1.165, 1.54) is 0 Å². The number of sulfonamides is 1. The first-order chi connectivity index (χ1) is 13.9. The van der Waals surface area contributed by atoms with Crippen molar-refractivity contribution in [1.82, 2.24) is 9.71 Å². The van der Waals surface area contributed by atoms with Crippen LogP contribution in [0.15, 0.2) is 41.4 Å². The summed E-state index contributed by atoms with van der Waals surface area (Å²) in [6, 6.07) is 10.6. The highest BCUT2D eigenvalue weighted by molar-refractivity contribution is 7.89. The zero-order valence-electron chi connectivity index (χ0n) is 16.8. The Labute approximate surface area is 172 Å². The molecular formula is C21H26N4O3S. The second-order valence-corrected chi connectivity index (χ2v) is 8.90. The fourth-order valence-electron chi connectivity index (χ4n) is 3.50. The summed E-state index contributed by atoms with van der Waals surface area (Å²) in [5.74, 6) is 1.66. The van der Waals surface area contributed by atoms with Crippen LogP contribution in [-0.2, 0) is 10.0 Å². The standard InChI is InChI=1S/C21H26N4O3S/c1-3-28-20-7-6-19(13-16(20)2)29(26,27)24-15-17-8-11-25(12-9-17)21-18(14-22)5-4-10-23-21/h4-7,10,13,17,24H,3,8-9,11-12,15H2,1-2H3. The van der Waals surface area contributed by atoms with Crippen LogP contribution in [0.5, 0.6) is 5.75 Å². The molecule has 8 heteroatoms. The predicted octanol–water partition coefficient (Wildman–Crippen LogP) is 2.86. The first-order valence-corrected chi connectivity index (χ1v) is 11.3. The van der Waals surface area contributed by atoms with Crippen molar-refractivity contribution in [3.05, 3.63) is 47.7 Å². The smallest absolute Gasteiger partial charge is 0.240 e. The van der Waals surface area contributed by atoms with Crippen molar-refractivity contribution < 1.29 is 13.2 Å². The Hall–Kier alpha value is -2.63. The topological polar surface area (TPSA) is 95.3 Å². The van der Waals surface area contributed by atoms with Gasteiger partial charge in [0.25, 0.3) is 0 Å². The lowest BCUT2D eigenvalue weighted by Crippen LogP contribution is -2.39. The minimum Gasteiger partial charge on any atom is -0.494 e. The minimum atomic E-state index is -3.56. The molecule has 1 fully saturated rings. The Bertz CT molecular complexity index is 993. The first kappa shape index (κ1) is 21.1. The van der Waals surface area contributed by atoms with Gasteiger partial charge in [0.1, 0.15) is 17.6 Å². The quantitative estimate of drug-likeness (QED) is 0.749. The Kier molecular flexibility index (Phi) is 6.72. The maximum absolute atomic E-state index is 12.7. The number of anilines is 1. The Morgan fingerprint density at radius 1 is 1.31 bits per heavy atom. The van der Waals surface area contributed by atoms with Crippen LogP contribution in [0.1, 0.15) is 30.9 Å². The van der Waals surface area contributed by atoms with Crippen molar-refractivity contribution in [3.8, 4) is 11.8 Å². The molecule has 0 saturated carbocycles. The molecule has 0 aliphatic carbocycles. The average molecular weight is 415 g/mol. The van der Waals surface area contributed by atoms with Crippen LogP contribution in [-0.4, -0.2) is 39.6 Å². The average Bonchev–Trinajstić information content (AvgIpc) is 2.74. The van der Waals surface area contributed by atoms with Crippen LogP contribution in [0.25, 0.3) is 0 Å². The van der Waals surface area contributed by atoms with Gasteiger partial charge >= 0.3 is 0 Å². The number of nitriles is 1. The lowest BCUT2D eigenvalue weighted by atomic mass is 9.97. The molecule has 29 heavy (non-hydrogen) atoms. The monoisotopic (exact) mass is 414 g/mol. The summed E-state index contributed by atoms with van der Waals surface area (Å²) in [5.41, 5.74) is 1.37. The van der Waals surface area contributed by atoms with Gasteiger partial charge in [0.15, 0.2) is 0 Å². The van der Waals surface area contributed by atoms with E-state index in [0.717, 1.165) is 31.5 Å². The molecular weight excluding hydrogens is 388 g/mol. The third kappa shape index (κ3) is 5.05. The highest BCUT2D eigenvalue weighted by Gasteiger charge is 2.24. The molecule has 154 valence electrons. The first-order valence-electron chi connectivity index (χ1n) is 9.77. The molecule has 0 bridgehead atoms. The molecule has 1 N–H and O–H groups in total. The molecule has 1 aliphatic rings. The number of aromatic nitrogens is 1. The zero-order valence-corrected chi connectivity index (χ0v) is 17.6. The van der Waals surface area contributed by atoms with E-state index in [4.69, 9.17) is 4.74 Å². The maximum atomic E-state index is 12.7. The van der Waals surface area contributed by atoms with Gasteiger partial charge in [-0.25, -0.2) is 18.1 Å². The van der Waals surface area contributed by atoms with E-state index >= 15 is 0 Å². The molecule has 0 unspecified atom stereocenters. The number of pyridine rings is 1. The van der Waals surface area contributed by atoms with E-state index < -0.39 is 10.0 Å². The molecule has 0 spiro atoms. The summed E-state index contributed by atoms with van der Waals surface area (Å²) in [5, 5.41) is 9.25. The maximum Gasteiger partial charge on any atom is 0.240 e. The summed E-state index contributed by atoms with van der Waals surface area (Å²) in [7, 11) is -3.56. The molecule has 3 rings (SSSR count). The molecule has 1 aliphatic heterocycles. The highest BCUT2D eigenvalue weighted by atomic mass is 32.2. The van der Waals surface area contributed by atoms with E-state index in [-0.39, 0.29) is 10.8 Å². The Balaban J connectivity index is 1.57. The van der Waals surface area contributed by atoms with Crippen LogP contribution < -0.4 is 14.4 Å². The van der Waals surface area contributed by atoms with E-state index in [0.29, 0.717) is 30.3 Å². The fourth-order valence-corrected chi connectivity index (χ4v) is 4.70.